The fourth-order valence-electron chi connectivity index (χ4n) is 2.36. The number of rotatable bonds is 2. The third-order valence-electron chi connectivity index (χ3n) is 3.26. The molecule has 0 bridgehead atoms. The molecule has 18 heavy (non-hydrogen) atoms. The average molecular weight is 264 g/mol. The largest absolute Gasteiger partial charge is 0.326 e. The maximum absolute atomic E-state index is 6.35. The number of nitrogens with zero attached hydrogens (tertiary/aromatic N) is 2. The quantitative estimate of drug-likeness (QED) is 0.904. The van der Waals surface area contributed by atoms with Gasteiger partial charge in [0.05, 0.1) is 16.4 Å². The lowest BCUT2D eigenvalue weighted by molar-refractivity contribution is 0.826. The second-order valence-corrected chi connectivity index (χ2v) is 5.08. The number of aryl methyl sites for hydroxylation is 3. The molecule has 1 aromatic carbocycles. The first-order valence-electron chi connectivity index (χ1n) is 5.98. The lowest BCUT2D eigenvalue weighted by Gasteiger charge is -2.12. The van der Waals surface area contributed by atoms with Crippen LogP contribution in [-0.4, -0.2) is 9.78 Å². The molecule has 0 amide bonds. The fraction of sp³-hybridized carbons (Fsp3) is 0.357. The molecular formula is C14H18ClN3. The zero-order chi connectivity index (χ0) is 13.4. The van der Waals surface area contributed by atoms with Crippen LogP contribution in [0.3, 0.4) is 0 Å². The summed E-state index contributed by atoms with van der Waals surface area (Å²) in [6, 6.07) is 4.07. The SMILES string of the molecule is Cc1cc(C)c(-n2nc(C)c(CN)c2C)c(Cl)c1. The van der Waals surface area contributed by atoms with E-state index in [1.54, 1.807) is 0 Å². The molecule has 0 aliphatic rings. The molecule has 0 fully saturated rings. The van der Waals surface area contributed by atoms with Gasteiger partial charge < -0.3 is 5.73 Å². The molecule has 2 aromatic rings. The number of nitrogens with two attached hydrogens (primary N) is 1. The summed E-state index contributed by atoms with van der Waals surface area (Å²) in [5, 5.41) is 5.28. The Morgan fingerprint density at radius 2 is 1.89 bits per heavy atom. The van der Waals surface area contributed by atoms with Gasteiger partial charge in [-0.05, 0) is 44.9 Å². The van der Waals surface area contributed by atoms with E-state index in [0.29, 0.717) is 6.54 Å². The Kier molecular flexibility index (Phi) is 3.46. The first-order valence-corrected chi connectivity index (χ1v) is 6.35. The highest BCUT2D eigenvalue weighted by atomic mass is 35.5. The van der Waals surface area contributed by atoms with Gasteiger partial charge in [0.1, 0.15) is 0 Å². The predicted octanol–water partition coefficient (Wildman–Crippen LogP) is 3.22. The molecular weight excluding hydrogens is 246 g/mol. The van der Waals surface area contributed by atoms with Crippen molar-refractivity contribution in [2.24, 2.45) is 5.73 Å². The number of halogens is 1. The van der Waals surface area contributed by atoms with E-state index in [9.17, 15) is 0 Å². The maximum Gasteiger partial charge on any atom is 0.0864 e. The van der Waals surface area contributed by atoms with Crippen LogP contribution in [0.15, 0.2) is 12.1 Å². The summed E-state index contributed by atoms with van der Waals surface area (Å²) < 4.78 is 1.90. The van der Waals surface area contributed by atoms with Crippen molar-refractivity contribution in [2.45, 2.75) is 34.2 Å². The topological polar surface area (TPSA) is 43.8 Å². The highest BCUT2D eigenvalue weighted by Gasteiger charge is 2.15. The molecule has 0 atom stereocenters. The van der Waals surface area contributed by atoms with Crippen LogP contribution in [0.25, 0.3) is 5.69 Å². The van der Waals surface area contributed by atoms with Crippen molar-refractivity contribution in [3.8, 4) is 5.69 Å². The number of aromatic nitrogens is 2. The van der Waals surface area contributed by atoms with E-state index in [1.165, 1.54) is 0 Å². The molecule has 3 nitrogen and oxygen atoms in total. The fourth-order valence-corrected chi connectivity index (χ4v) is 2.77. The Morgan fingerprint density at radius 1 is 1.22 bits per heavy atom. The van der Waals surface area contributed by atoms with Crippen LogP contribution in [0.5, 0.6) is 0 Å². The smallest absolute Gasteiger partial charge is 0.0864 e. The average Bonchev–Trinajstić information content (AvgIpc) is 2.53. The molecule has 1 aromatic heterocycles. The van der Waals surface area contributed by atoms with E-state index in [2.05, 4.69) is 11.2 Å². The van der Waals surface area contributed by atoms with Crippen molar-refractivity contribution >= 4 is 11.6 Å². The molecule has 0 aliphatic carbocycles. The third kappa shape index (κ3) is 2.04. The zero-order valence-electron chi connectivity index (χ0n) is 11.2. The van der Waals surface area contributed by atoms with Crippen molar-refractivity contribution in [1.82, 2.24) is 9.78 Å². The van der Waals surface area contributed by atoms with E-state index in [4.69, 9.17) is 17.3 Å². The van der Waals surface area contributed by atoms with Gasteiger partial charge in [0.25, 0.3) is 0 Å². The number of hydrogen-bond acceptors (Lipinski definition) is 2. The van der Waals surface area contributed by atoms with Crippen molar-refractivity contribution in [1.29, 1.82) is 0 Å². The van der Waals surface area contributed by atoms with Gasteiger partial charge in [-0.25, -0.2) is 4.68 Å². The van der Waals surface area contributed by atoms with Crippen LogP contribution in [-0.2, 0) is 6.54 Å². The van der Waals surface area contributed by atoms with Crippen molar-refractivity contribution in [3.63, 3.8) is 0 Å². The summed E-state index contributed by atoms with van der Waals surface area (Å²) in [6.07, 6.45) is 0. The molecule has 0 saturated carbocycles. The Bertz CT molecular complexity index is 576. The van der Waals surface area contributed by atoms with Gasteiger partial charge in [-0.15, -0.1) is 0 Å². The normalized spacial score (nSPS) is 11.0. The Balaban J connectivity index is 2.70. The van der Waals surface area contributed by atoms with Gasteiger partial charge in [0.2, 0.25) is 0 Å². The summed E-state index contributed by atoms with van der Waals surface area (Å²) in [7, 11) is 0. The molecule has 0 radical (unpaired) electrons. The second-order valence-electron chi connectivity index (χ2n) is 4.68. The van der Waals surface area contributed by atoms with E-state index >= 15 is 0 Å². The summed E-state index contributed by atoms with van der Waals surface area (Å²) in [6.45, 7) is 8.59. The van der Waals surface area contributed by atoms with Crippen LogP contribution < -0.4 is 5.73 Å². The van der Waals surface area contributed by atoms with Crippen LogP contribution >= 0.6 is 11.6 Å². The molecule has 0 unspecified atom stereocenters. The highest BCUT2D eigenvalue weighted by Crippen LogP contribution is 2.28. The highest BCUT2D eigenvalue weighted by molar-refractivity contribution is 6.32. The minimum absolute atomic E-state index is 0.500. The standard InChI is InChI=1S/C14H18ClN3/c1-8-5-9(2)14(13(15)6-8)18-11(4)12(7-16)10(3)17-18/h5-6H,7,16H2,1-4H3. The molecule has 96 valence electrons. The van der Waals surface area contributed by atoms with E-state index in [-0.39, 0.29) is 0 Å². The summed E-state index contributed by atoms with van der Waals surface area (Å²) in [4.78, 5) is 0. The van der Waals surface area contributed by atoms with Crippen molar-refractivity contribution in [2.75, 3.05) is 0 Å². The molecule has 0 aliphatic heterocycles. The predicted molar refractivity (Wildman–Crippen MR) is 75.4 cm³/mol. The first kappa shape index (κ1) is 13.1. The Morgan fingerprint density at radius 3 is 2.39 bits per heavy atom. The number of hydrogen-bond donors (Lipinski definition) is 1. The Labute approximate surface area is 113 Å². The molecule has 0 spiro atoms. The number of benzene rings is 1. The molecule has 1 heterocycles. The lowest BCUT2D eigenvalue weighted by Crippen LogP contribution is -2.04. The van der Waals surface area contributed by atoms with Gasteiger partial charge in [-0.1, -0.05) is 17.7 Å². The van der Waals surface area contributed by atoms with Crippen molar-refractivity contribution < 1.29 is 0 Å². The first-order chi connectivity index (χ1) is 8.45. The van der Waals surface area contributed by atoms with Gasteiger partial charge >= 0.3 is 0 Å². The summed E-state index contributed by atoms with van der Waals surface area (Å²) in [5.74, 6) is 0. The monoisotopic (exact) mass is 263 g/mol. The third-order valence-corrected chi connectivity index (χ3v) is 3.54. The molecule has 2 N–H and O–H groups in total. The van der Waals surface area contributed by atoms with Gasteiger partial charge in [0, 0.05) is 17.8 Å². The zero-order valence-corrected chi connectivity index (χ0v) is 12.0. The van der Waals surface area contributed by atoms with Crippen LogP contribution in [0, 0.1) is 27.7 Å². The Hall–Kier alpha value is -1.32. The maximum atomic E-state index is 6.35. The van der Waals surface area contributed by atoms with Gasteiger partial charge in [0.15, 0.2) is 0 Å². The minimum Gasteiger partial charge on any atom is -0.326 e. The lowest BCUT2D eigenvalue weighted by atomic mass is 10.1. The van der Waals surface area contributed by atoms with Crippen LogP contribution in [0.1, 0.15) is 28.1 Å². The molecule has 0 saturated heterocycles. The molecule has 4 heteroatoms. The van der Waals surface area contributed by atoms with Gasteiger partial charge in [-0.2, -0.15) is 5.10 Å². The van der Waals surface area contributed by atoms with E-state index in [0.717, 1.165) is 38.8 Å². The van der Waals surface area contributed by atoms with Crippen LogP contribution in [0.2, 0.25) is 5.02 Å². The second kappa shape index (κ2) is 4.75. The molecule has 2 rings (SSSR count). The summed E-state index contributed by atoms with van der Waals surface area (Å²) >= 11 is 6.35. The summed E-state index contributed by atoms with van der Waals surface area (Å²) in [5.41, 5.74) is 12.1. The van der Waals surface area contributed by atoms with E-state index in [1.807, 2.05) is 38.4 Å². The van der Waals surface area contributed by atoms with Crippen LogP contribution in [0.4, 0.5) is 0 Å². The minimum atomic E-state index is 0.500. The van der Waals surface area contributed by atoms with Crippen molar-refractivity contribution in [3.05, 3.63) is 45.2 Å². The van der Waals surface area contributed by atoms with Gasteiger partial charge in [-0.3, -0.25) is 0 Å². The van der Waals surface area contributed by atoms with E-state index < -0.39 is 0 Å².